The molecule has 3 nitrogen and oxygen atoms in total. The van der Waals surface area contributed by atoms with Gasteiger partial charge in [0.1, 0.15) is 0 Å². The summed E-state index contributed by atoms with van der Waals surface area (Å²) in [6.07, 6.45) is 0. The van der Waals surface area contributed by atoms with Crippen molar-refractivity contribution in [2.75, 3.05) is 7.11 Å². The average molecular weight is 349 g/mol. The van der Waals surface area contributed by atoms with Crippen molar-refractivity contribution in [1.82, 2.24) is 5.32 Å². The Hall–Kier alpha value is -3.14. The predicted molar refractivity (Wildman–Crippen MR) is 101 cm³/mol. The first-order valence-electron chi connectivity index (χ1n) is 8.39. The lowest BCUT2D eigenvalue weighted by atomic mass is 9.98. The Bertz CT molecular complexity index is 909. The number of halogens is 1. The van der Waals surface area contributed by atoms with Crippen LogP contribution in [0.3, 0.4) is 0 Å². The Morgan fingerprint density at radius 2 is 1.69 bits per heavy atom. The summed E-state index contributed by atoms with van der Waals surface area (Å²) < 4.78 is 18.9. The van der Waals surface area contributed by atoms with Gasteiger partial charge in [-0.05, 0) is 41.8 Å². The molecule has 132 valence electrons. The molecule has 0 fully saturated rings. The molecule has 1 N–H and O–H groups in total. The zero-order valence-corrected chi connectivity index (χ0v) is 14.7. The fourth-order valence-corrected chi connectivity index (χ4v) is 2.86. The molecule has 1 unspecified atom stereocenters. The fraction of sp³-hybridized carbons (Fsp3) is 0.136. The van der Waals surface area contributed by atoms with Gasteiger partial charge in [-0.3, -0.25) is 4.79 Å². The van der Waals surface area contributed by atoms with Gasteiger partial charge in [0.25, 0.3) is 5.91 Å². The molecule has 0 saturated carbocycles. The van der Waals surface area contributed by atoms with Gasteiger partial charge in [0.2, 0.25) is 0 Å². The van der Waals surface area contributed by atoms with Crippen LogP contribution in [-0.2, 0) is 0 Å². The second kappa shape index (κ2) is 7.83. The van der Waals surface area contributed by atoms with Crippen molar-refractivity contribution in [3.8, 4) is 16.9 Å². The highest BCUT2D eigenvalue weighted by molar-refractivity contribution is 6.01. The number of nitrogens with one attached hydrogen (secondary N) is 1. The van der Waals surface area contributed by atoms with Crippen molar-refractivity contribution in [2.24, 2.45) is 0 Å². The van der Waals surface area contributed by atoms with Crippen LogP contribution in [0.2, 0.25) is 0 Å². The number of carbonyl (C=O) groups excluding carboxylic acids is 1. The van der Waals surface area contributed by atoms with Crippen molar-refractivity contribution in [2.45, 2.75) is 13.0 Å². The number of rotatable bonds is 5. The third-order valence-corrected chi connectivity index (χ3v) is 4.28. The van der Waals surface area contributed by atoms with E-state index in [0.717, 1.165) is 11.1 Å². The SMILES string of the molecule is COc1ccc(C(C)NC(=O)c2ccccc2-c2ccccc2)cc1F. The molecular formula is C22H20FNO2. The van der Waals surface area contributed by atoms with E-state index in [1.807, 2.05) is 55.5 Å². The first-order chi connectivity index (χ1) is 12.6. The number of hydrogen-bond acceptors (Lipinski definition) is 2. The van der Waals surface area contributed by atoms with Crippen LogP contribution in [0.1, 0.15) is 28.9 Å². The van der Waals surface area contributed by atoms with Gasteiger partial charge in [-0.2, -0.15) is 0 Å². The van der Waals surface area contributed by atoms with Crippen LogP contribution >= 0.6 is 0 Å². The van der Waals surface area contributed by atoms with Crippen molar-refractivity contribution in [3.63, 3.8) is 0 Å². The molecule has 1 atom stereocenters. The lowest BCUT2D eigenvalue weighted by Gasteiger charge is -2.17. The Balaban J connectivity index is 1.84. The van der Waals surface area contributed by atoms with E-state index in [-0.39, 0.29) is 17.7 Å². The predicted octanol–water partition coefficient (Wildman–Crippen LogP) is 4.99. The fourth-order valence-electron chi connectivity index (χ4n) is 2.86. The van der Waals surface area contributed by atoms with E-state index in [1.165, 1.54) is 13.2 Å². The molecule has 3 aromatic carbocycles. The Kier molecular flexibility index (Phi) is 5.32. The van der Waals surface area contributed by atoms with Crippen LogP contribution in [0.25, 0.3) is 11.1 Å². The van der Waals surface area contributed by atoms with Gasteiger partial charge in [-0.15, -0.1) is 0 Å². The summed E-state index contributed by atoms with van der Waals surface area (Å²) in [7, 11) is 1.42. The monoisotopic (exact) mass is 349 g/mol. The van der Waals surface area contributed by atoms with Gasteiger partial charge in [0, 0.05) is 5.56 Å². The van der Waals surface area contributed by atoms with Crippen LogP contribution in [-0.4, -0.2) is 13.0 Å². The maximum atomic E-state index is 13.9. The van der Waals surface area contributed by atoms with Crippen LogP contribution in [0, 0.1) is 5.82 Å². The molecule has 4 heteroatoms. The van der Waals surface area contributed by atoms with Crippen molar-refractivity contribution >= 4 is 5.91 Å². The van der Waals surface area contributed by atoms with Gasteiger partial charge in [0.05, 0.1) is 13.2 Å². The van der Waals surface area contributed by atoms with E-state index in [4.69, 9.17) is 4.74 Å². The maximum Gasteiger partial charge on any atom is 0.252 e. The zero-order valence-electron chi connectivity index (χ0n) is 14.7. The number of benzene rings is 3. The molecule has 26 heavy (non-hydrogen) atoms. The summed E-state index contributed by atoms with van der Waals surface area (Å²) in [5.41, 5.74) is 3.09. The van der Waals surface area contributed by atoms with Crippen LogP contribution in [0.5, 0.6) is 5.75 Å². The van der Waals surface area contributed by atoms with Gasteiger partial charge < -0.3 is 10.1 Å². The topological polar surface area (TPSA) is 38.3 Å². The lowest BCUT2D eigenvalue weighted by molar-refractivity contribution is 0.0940. The molecule has 0 aliphatic rings. The van der Waals surface area contributed by atoms with Crippen molar-refractivity contribution < 1.29 is 13.9 Å². The number of ether oxygens (including phenoxy) is 1. The van der Waals surface area contributed by atoms with Crippen LogP contribution in [0.4, 0.5) is 4.39 Å². The molecule has 0 aliphatic carbocycles. The third-order valence-electron chi connectivity index (χ3n) is 4.28. The van der Waals surface area contributed by atoms with E-state index < -0.39 is 5.82 Å². The van der Waals surface area contributed by atoms with Gasteiger partial charge >= 0.3 is 0 Å². The normalized spacial score (nSPS) is 11.7. The summed E-state index contributed by atoms with van der Waals surface area (Å²) in [5, 5.41) is 2.94. The molecular weight excluding hydrogens is 329 g/mol. The van der Waals surface area contributed by atoms with E-state index in [2.05, 4.69) is 5.32 Å². The highest BCUT2D eigenvalue weighted by Gasteiger charge is 2.16. The maximum absolute atomic E-state index is 13.9. The smallest absolute Gasteiger partial charge is 0.252 e. The summed E-state index contributed by atoms with van der Waals surface area (Å²) in [5.74, 6) is -0.467. The van der Waals surface area contributed by atoms with E-state index in [0.29, 0.717) is 11.1 Å². The number of methoxy groups -OCH3 is 1. The van der Waals surface area contributed by atoms with E-state index in [9.17, 15) is 9.18 Å². The van der Waals surface area contributed by atoms with Gasteiger partial charge in [-0.1, -0.05) is 54.6 Å². The number of carbonyl (C=O) groups is 1. The first kappa shape index (κ1) is 17.7. The molecule has 1 amide bonds. The Morgan fingerprint density at radius 1 is 1.00 bits per heavy atom. The Labute approximate surface area is 152 Å². The number of hydrogen-bond donors (Lipinski definition) is 1. The second-order valence-corrected chi connectivity index (χ2v) is 6.00. The molecule has 0 saturated heterocycles. The van der Waals surface area contributed by atoms with Crippen LogP contribution in [0.15, 0.2) is 72.8 Å². The molecule has 0 heterocycles. The second-order valence-electron chi connectivity index (χ2n) is 6.00. The largest absolute Gasteiger partial charge is 0.494 e. The molecule has 3 aromatic rings. The van der Waals surface area contributed by atoms with E-state index in [1.54, 1.807) is 18.2 Å². The first-order valence-corrected chi connectivity index (χ1v) is 8.39. The molecule has 0 aromatic heterocycles. The summed E-state index contributed by atoms with van der Waals surface area (Å²) in [6, 6.07) is 21.5. The third kappa shape index (κ3) is 3.75. The molecule has 0 spiro atoms. The molecule has 0 bridgehead atoms. The quantitative estimate of drug-likeness (QED) is 0.704. The minimum Gasteiger partial charge on any atom is -0.494 e. The highest BCUT2D eigenvalue weighted by atomic mass is 19.1. The lowest BCUT2D eigenvalue weighted by Crippen LogP contribution is -2.27. The van der Waals surface area contributed by atoms with Gasteiger partial charge in [-0.25, -0.2) is 4.39 Å². The van der Waals surface area contributed by atoms with Crippen LogP contribution < -0.4 is 10.1 Å². The summed E-state index contributed by atoms with van der Waals surface area (Å²) in [4.78, 5) is 12.8. The molecule has 3 rings (SSSR count). The summed E-state index contributed by atoms with van der Waals surface area (Å²) in [6.45, 7) is 1.82. The van der Waals surface area contributed by atoms with Crippen molar-refractivity contribution in [1.29, 1.82) is 0 Å². The zero-order chi connectivity index (χ0) is 18.5. The minimum atomic E-state index is -0.448. The number of amides is 1. The average Bonchev–Trinajstić information content (AvgIpc) is 2.68. The highest BCUT2D eigenvalue weighted by Crippen LogP contribution is 2.25. The van der Waals surface area contributed by atoms with Crippen molar-refractivity contribution in [3.05, 3.63) is 89.7 Å². The molecule has 0 radical (unpaired) electrons. The van der Waals surface area contributed by atoms with Gasteiger partial charge in [0.15, 0.2) is 11.6 Å². The molecule has 0 aliphatic heterocycles. The standard InChI is InChI=1S/C22H20FNO2/c1-15(17-12-13-21(26-2)20(23)14-17)24-22(25)19-11-7-6-10-18(19)16-8-4-3-5-9-16/h3-15H,1-2H3,(H,24,25). The van der Waals surface area contributed by atoms with E-state index >= 15 is 0 Å². The minimum absolute atomic E-state index is 0.182. The summed E-state index contributed by atoms with van der Waals surface area (Å²) >= 11 is 0. The Morgan fingerprint density at radius 3 is 2.38 bits per heavy atom.